The lowest BCUT2D eigenvalue weighted by molar-refractivity contribution is 0.0955. The van der Waals surface area contributed by atoms with E-state index in [9.17, 15) is 4.79 Å². The van der Waals surface area contributed by atoms with E-state index in [2.05, 4.69) is 37.2 Å². The predicted octanol–water partition coefficient (Wildman–Crippen LogP) is 4.19. The van der Waals surface area contributed by atoms with Crippen molar-refractivity contribution >= 4 is 34.6 Å². The Morgan fingerprint density at radius 1 is 0.867 bits per heavy atom. The van der Waals surface area contributed by atoms with Gasteiger partial charge in [-0.1, -0.05) is 18.2 Å². The first-order valence-electron chi connectivity index (χ1n) is 9.45. The summed E-state index contributed by atoms with van der Waals surface area (Å²) < 4.78 is 0. The molecular weight excluding hydrogens is 396 g/mol. The Kier molecular flexibility index (Phi) is 6.26. The van der Waals surface area contributed by atoms with Gasteiger partial charge in [-0.05, 0) is 53.4 Å². The van der Waals surface area contributed by atoms with Crippen LogP contribution in [0.2, 0.25) is 0 Å². The van der Waals surface area contributed by atoms with E-state index in [0.717, 1.165) is 11.3 Å². The summed E-state index contributed by atoms with van der Waals surface area (Å²) in [6.07, 6.45) is 3.41. The minimum Gasteiger partial charge on any atom is -0.367 e. The van der Waals surface area contributed by atoms with E-state index < -0.39 is 0 Å². The summed E-state index contributed by atoms with van der Waals surface area (Å²) in [5.74, 6) is 1.19. The van der Waals surface area contributed by atoms with Gasteiger partial charge in [0.15, 0.2) is 5.82 Å². The molecule has 3 heterocycles. The smallest absolute Gasteiger partial charge is 0.251 e. The maximum absolute atomic E-state index is 12.3. The molecule has 3 N–H and O–H groups in total. The number of anilines is 3. The van der Waals surface area contributed by atoms with Gasteiger partial charge in [-0.25, -0.2) is 0 Å². The number of thiophene rings is 1. The molecule has 0 aliphatic rings. The lowest BCUT2D eigenvalue weighted by Gasteiger charge is -2.08. The first-order chi connectivity index (χ1) is 14.8. The highest BCUT2D eigenvalue weighted by atomic mass is 32.1. The molecule has 0 aliphatic carbocycles. The van der Waals surface area contributed by atoms with Crippen molar-refractivity contribution in [1.29, 1.82) is 0 Å². The number of hydrogen-bond acceptors (Lipinski definition) is 7. The number of nitrogens with zero attached hydrogens (tertiary/aromatic N) is 3. The van der Waals surface area contributed by atoms with Crippen LogP contribution in [0.1, 0.15) is 10.4 Å². The maximum atomic E-state index is 12.3. The largest absolute Gasteiger partial charge is 0.367 e. The van der Waals surface area contributed by atoms with Gasteiger partial charge >= 0.3 is 0 Å². The van der Waals surface area contributed by atoms with Gasteiger partial charge in [-0.15, -0.1) is 21.5 Å². The topological polar surface area (TPSA) is 91.8 Å². The summed E-state index contributed by atoms with van der Waals surface area (Å²) in [5, 5.41) is 19.5. The average Bonchev–Trinajstić information content (AvgIpc) is 3.33. The van der Waals surface area contributed by atoms with E-state index in [-0.39, 0.29) is 5.91 Å². The third-order valence-electron chi connectivity index (χ3n) is 4.29. The first kappa shape index (κ1) is 19.5. The molecule has 0 unspecified atom stereocenters. The minimum atomic E-state index is -0.0995. The third-order valence-corrected chi connectivity index (χ3v) is 5.21. The highest BCUT2D eigenvalue weighted by Gasteiger charge is 2.06. The molecule has 0 spiro atoms. The molecule has 1 aromatic carbocycles. The van der Waals surface area contributed by atoms with Gasteiger partial charge in [0.05, 0.1) is 0 Å². The number of carbonyl (C=O) groups is 1. The molecule has 0 saturated heterocycles. The first-order valence-corrected chi connectivity index (χ1v) is 10.3. The minimum absolute atomic E-state index is 0.0995. The van der Waals surface area contributed by atoms with Gasteiger partial charge < -0.3 is 16.0 Å². The Balaban J connectivity index is 1.21. The summed E-state index contributed by atoms with van der Waals surface area (Å²) in [5.41, 5.74) is 2.65. The van der Waals surface area contributed by atoms with Gasteiger partial charge in [0.25, 0.3) is 5.91 Å². The highest BCUT2D eigenvalue weighted by Crippen LogP contribution is 2.24. The van der Waals surface area contributed by atoms with Crippen molar-refractivity contribution < 1.29 is 4.79 Å². The molecule has 1 amide bonds. The summed E-state index contributed by atoms with van der Waals surface area (Å²) in [7, 11) is 0. The Hall–Kier alpha value is -3.78. The summed E-state index contributed by atoms with van der Waals surface area (Å²) in [4.78, 5) is 17.5. The van der Waals surface area contributed by atoms with E-state index in [1.54, 1.807) is 23.7 Å². The summed E-state index contributed by atoms with van der Waals surface area (Å²) >= 11 is 1.68. The molecule has 4 aromatic rings. The predicted molar refractivity (Wildman–Crippen MR) is 120 cm³/mol. The number of hydrogen-bond donors (Lipinski definition) is 3. The molecule has 3 aromatic heterocycles. The second-order valence-corrected chi connectivity index (χ2v) is 7.35. The number of benzene rings is 1. The van der Waals surface area contributed by atoms with Crippen LogP contribution in [-0.2, 0) is 0 Å². The van der Waals surface area contributed by atoms with E-state index in [0.29, 0.717) is 30.3 Å². The zero-order chi connectivity index (χ0) is 20.6. The third kappa shape index (κ3) is 5.18. The number of carbonyl (C=O) groups excluding carboxylic acids is 1. The van der Waals surface area contributed by atoms with Gasteiger partial charge in [-0.2, -0.15) is 0 Å². The van der Waals surface area contributed by atoms with E-state index in [4.69, 9.17) is 0 Å². The molecule has 8 heteroatoms. The maximum Gasteiger partial charge on any atom is 0.251 e. The van der Waals surface area contributed by atoms with Crippen LogP contribution in [0.3, 0.4) is 0 Å². The van der Waals surface area contributed by atoms with Crippen LogP contribution in [0.15, 0.2) is 78.4 Å². The number of nitrogens with one attached hydrogen (secondary N) is 3. The molecule has 150 valence electrons. The van der Waals surface area contributed by atoms with Crippen molar-refractivity contribution in [3.63, 3.8) is 0 Å². The number of pyridine rings is 1. The lowest BCUT2D eigenvalue weighted by atomic mass is 10.1. The van der Waals surface area contributed by atoms with Crippen molar-refractivity contribution in [3.8, 4) is 10.4 Å². The highest BCUT2D eigenvalue weighted by molar-refractivity contribution is 7.13. The van der Waals surface area contributed by atoms with E-state index in [1.165, 1.54) is 4.88 Å². The Bertz CT molecular complexity index is 1070. The number of amides is 1. The molecule has 0 fully saturated rings. The SMILES string of the molecule is O=C(NCCNc1ccc(Nc2ccncc2)nn1)c1ccc(-c2cccs2)cc1. The molecule has 0 atom stereocenters. The van der Waals surface area contributed by atoms with Crippen molar-refractivity contribution in [1.82, 2.24) is 20.5 Å². The van der Waals surface area contributed by atoms with Crippen LogP contribution in [0.5, 0.6) is 0 Å². The molecule has 30 heavy (non-hydrogen) atoms. The van der Waals surface area contributed by atoms with Crippen molar-refractivity contribution in [2.24, 2.45) is 0 Å². The fourth-order valence-corrected chi connectivity index (χ4v) is 3.51. The lowest BCUT2D eigenvalue weighted by Crippen LogP contribution is -2.28. The van der Waals surface area contributed by atoms with Crippen molar-refractivity contribution in [3.05, 3.63) is 84.0 Å². The molecular formula is C22H20N6OS. The number of aromatic nitrogens is 3. The molecule has 0 saturated carbocycles. The van der Waals surface area contributed by atoms with Crippen LogP contribution in [-0.4, -0.2) is 34.2 Å². The van der Waals surface area contributed by atoms with Crippen LogP contribution in [0.4, 0.5) is 17.3 Å². The zero-order valence-corrected chi connectivity index (χ0v) is 16.9. The van der Waals surface area contributed by atoms with E-state index >= 15 is 0 Å². The van der Waals surface area contributed by atoms with E-state index in [1.807, 2.05) is 60.0 Å². The standard InChI is InChI=1S/C22H20N6OS/c29-22(17-5-3-16(4-6-17)19-2-1-15-30-19)25-14-13-24-20-7-8-21(28-27-20)26-18-9-11-23-12-10-18/h1-12,15H,13-14H2,(H,24,27)(H,25,29)(H,23,26,28). The molecule has 0 radical (unpaired) electrons. The zero-order valence-electron chi connectivity index (χ0n) is 16.1. The normalized spacial score (nSPS) is 10.4. The molecule has 0 aliphatic heterocycles. The monoisotopic (exact) mass is 416 g/mol. The van der Waals surface area contributed by atoms with Crippen LogP contribution in [0.25, 0.3) is 10.4 Å². The quantitative estimate of drug-likeness (QED) is 0.373. The number of rotatable bonds is 8. The molecule has 4 rings (SSSR count). The Labute approximate surface area is 178 Å². The Morgan fingerprint density at radius 3 is 2.33 bits per heavy atom. The van der Waals surface area contributed by atoms with Crippen LogP contribution >= 0.6 is 11.3 Å². The fourth-order valence-electron chi connectivity index (χ4n) is 2.77. The van der Waals surface area contributed by atoms with Gasteiger partial charge in [0.1, 0.15) is 5.82 Å². The summed E-state index contributed by atoms with van der Waals surface area (Å²) in [6, 6.07) is 19.1. The second kappa shape index (κ2) is 9.62. The van der Waals surface area contributed by atoms with Crippen molar-refractivity contribution in [2.75, 3.05) is 23.7 Å². The van der Waals surface area contributed by atoms with Gasteiger partial charge in [0.2, 0.25) is 0 Å². The molecule has 7 nitrogen and oxygen atoms in total. The summed E-state index contributed by atoms with van der Waals surface area (Å²) in [6.45, 7) is 1.02. The Morgan fingerprint density at radius 2 is 1.63 bits per heavy atom. The average molecular weight is 417 g/mol. The van der Waals surface area contributed by atoms with Crippen LogP contribution in [0, 0.1) is 0 Å². The second-order valence-electron chi connectivity index (χ2n) is 6.40. The van der Waals surface area contributed by atoms with Gasteiger partial charge in [0, 0.05) is 41.6 Å². The fraction of sp³-hybridized carbons (Fsp3) is 0.0909. The van der Waals surface area contributed by atoms with Crippen LogP contribution < -0.4 is 16.0 Å². The van der Waals surface area contributed by atoms with Gasteiger partial charge in [-0.3, -0.25) is 9.78 Å². The van der Waals surface area contributed by atoms with Crippen molar-refractivity contribution in [2.45, 2.75) is 0 Å². The molecule has 0 bridgehead atoms.